The lowest BCUT2D eigenvalue weighted by atomic mass is 10.2. The summed E-state index contributed by atoms with van der Waals surface area (Å²) in [4.78, 5) is 28.1. The third kappa shape index (κ3) is 3.79. The van der Waals surface area contributed by atoms with Crippen LogP contribution in [0.1, 0.15) is 17.7 Å². The number of carbonyl (C=O) groups is 1. The molecule has 0 saturated carbocycles. The van der Waals surface area contributed by atoms with Crippen molar-refractivity contribution >= 4 is 16.8 Å². The SMILES string of the molecule is Cc1c(CC(=O)NCCCn2ccc3ccccc32)ncn(C)c1=O. The summed E-state index contributed by atoms with van der Waals surface area (Å²) >= 11 is 0. The van der Waals surface area contributed by atoms with Crippen LogP contribution in [0.4, 0.5) is 0 Å². The van der Waals surface area contributed by atoms with E-state index in [9.17, 15) is 9.59 Å². The number of nitrogens with zero attached hydrogens (tertiary/aromatic N) is 3. The highest BCUT2D eigenvalue weighted by Crippen LogP contribution is 2.15. The van der Waals surface area contributed by atoms with Gasteiger partial charge in [-0.15, -0.1) is 0 Å². The molecule has 3 aromatic rings. The summed E-state index contributed by atoms with van der Waals surface area (Å²) in [6.07, 6.45) is 4.50. The minimum atomic E-state index is -0.114. The van der Waals surface area contributed by atoms with Gasteiger partial charge in [-0.05, 0) is 30.9 Å². The molecule has 0 fully saturated rings. The van der Waals surface area contributed by atoms with Gasteiger partial charge in [-0.2, -0.15) is 0 Å². The zero-order valence-electron chi connectivity index (χ0n) is 14.5. The van der Waals surface area contributed by atoms with Gasteiger partial charge in [0, 0.05) is 37.4 Å². The van der Waals surface area contributed by atoms with Crippen LogP contribution in [0, 0.1) is 6.92 Å². The van der Waals surface area contributed by atoms with E-state index in [4.69, 9.17) is 0 Å². The third-order valence-electron chi connectivity index (χ3n) is 4.37. The maximum atomic E-state index is 12.1. The number of aromatic nitrogens is 3. The number of fused-ring (bicyclic) bond motifs is 1. The molecule has 1 aromatic carbocycles. The molecule has 0 saturated heterocycles. The van der Waals surface area contributed by atoms with Gasteiger partial charge >= 0.3 is 0 Å². The van der Waals surface area contributed by atoms with Crippen LogP contribution in [0.2, 0.25) is 0 Å². The first-order valence-electron chi connectivity index (χ1n) is 8.38. The fourth-order valence-electron chi connectivity index (χ4n) is 2.90. The highest BCUT2D eigenvalue weighted by Gasteiger charge is 2.10. The van der Waals surface area contributed by atoms with Crippen LogP contribution in [-0.2, 0) is 24.8 Å². The van der Waals surface area contributed by atoms with Crippen LogP contribution in [-0.4, -0.2) is 26.6 Å². The van der Waals surface area contributed by atoms with Crippen molar-refractivity contribution in [2.45, 2.75) is 26.3 Å². The van der Waals surface area contributed by atoms with Crippen molar-refractivity contribution in [2.24, 2.45) is 7.05 Å². The number of nitrogens with one attached hydrogen (secondary N) is 1. The highest BCUT2D eigenvalue weighted by atomic mass is 16.1. The molecule has 3 rings (SSSR count). The standard InChI is InChI=1S/C19H22N4O2/c1-14-16(21-13-22(2)19(14)25)12-18(24)20-9-5-10-23-11-8-15-6-3-4-7-17(15)23/h3-4,6-8,11,13H,5,9-10,12H2,1-2H3,(H,20,24). The molecule has 0 aliphatic heterocycles. The lowest BCUT2D eigenvalue weighted by Crippen LogP contribution is -2.29. The van der Waals surface area contributed by atoms with Crippen molar-refractivity contribution in [2.75, 3.05) is 6.54 Å². The van der Waals surface area contributed by atoms with Gasteiger partial charge in [-0.1, -0.05) is 18.2 Å². The Labute approximate surface area is 146 Å². The first kappa shape index (κ1) is 17.0. The van der Waals surface area contributed by atoms with Crippen molar-refractivity contribution in [1.82, 2.24) is 19.4 Å². The first-order valence-corrected chi connectivity index (χ1v) is 8.38. The van der Waals surface area contributed by atoms with Gasteiger partial charge in [0.05, 0.1) is 18.4 Å². The Morgan fingerprint density at radius 1 is 1.24 bits per heavy atom. The van der Waals surface area contributed by atoms with Crippen LogP contribution in [0.15, 0.2) is 47.7 Å². The van der Waals surface area contributed by atoms with Crippen molar-refractivity contribution in [1.29, 1.82) is 0 Å². The molecule has 0 bridgehead atoms. The summed E-state index contributed by atoms with van der Waals surface area (Å²) in [5.74, 6) is -0.110. The monoisotopic (exact) mass is 338 g/mol. The molecule has 0 atom stereocenters. The molecule has 1 N–H and O–H groups in total. The molecular weight excluding hydrogens is 316 g/mol. The van der Waals surface area contributed by atoms with Gasteiger partial charge in [-0.25, -0.2) is 4.98 Å². The summed E-state index contributed by atoms with van der Waals surface area (Å²) in [6, 6.07) is 10.3. The summed E-state index contributed by atoms with van der Waals surface area (Å²) in [6.45, 7) is 3.14. The van der Waals surface area contributed by atoms with Crippen LogP contribution in [0.3, 0.4) is 0 Å². The number of hydrogen-bond donors (Lipinski definition) is 1. The molecule has 130 valence electrons. The van der Waals surface area contributed by atoms with Crippen LogP contribution < -0.4 is 10.9 Å². The third-order valence-corrected chi connectivity index (χ3v) is 4.37. The number of benzene rings is 1. The van der Waals surface area contributed by atoms with Crippen molar-refractivity contribution in [3.8, 4) is 0 Å². The Morgan fingerprint density at radius 3 is 2.88 bits per heavy atom. The Bertz CT molecular complexity index is 955. The number of hydrogen-bond acceptors (Lipinski definition) is 3. The van der Waals surface area contributed by atoms with Gasteiger partial charge < -0.3 is 14.5 Å². The molecule has 2 aromatic heterocycles. The zero-order chi connectivity index (χ0) is 17.8. The van der Waals surface area contributed by atoms with E-state index < -0.39 is 0 Å². The Hall–Kier alpha value is -2.89. The quantitative estimate of drug-likeness (QED) is 0.697. The molecule has 0 spiro atoms. The predicted molar refractivity (Wildman–Crippen MR) is 97.5 cm³/mol. The summed E-state index contributed by atoms with van der Waals surface area (Å²) in [5, 5.41) is 4.12. The van der Waals surface area contributed by atoms with Crippen molar-refractivity contribution in [3.05, 3.63) is 64.5 Å². The van der Waals surface area contributed by atoms with Gasteiger partial charge in [0.25, 0.3) is 5.56 Å². The molecule has 25 heavy (non-hydrogen) atoms. The normalized spacial score (nSPS) is 11.0. The second-order valence-electron chi connectivity index (χ2n) is 6.18. The molecule has 0 aliphatic rings. The average molecular weight is 338 g/mol. The molecule has 0 aliphatic carbocycles. The highest BCUT2D eigenvalue weighted by molar-refractivity contribution is 5.80. The summed E-state index contributed by atoms with van der Waals surface area (Å²) < 4.78 is 3.60. The fraction of sp³-hybridized carbons (Fsp3) is 0.316. The average Bonchev–Trinajstić information content (AvgIpc) is 3.02. The van der Waals surface area contributed by atoms with E-state index in [1.54, 1.807) is 14.0 Å². The lowest BCUT2D eigenvalue weighted by Gasteiger charge is -2.09. The number of para-hydroxylation sites is 1. The van der Waals surface area contributed by atoms with Crippen molar-refractivity contribution in [3.63, 3.8) is 0 Å². The zero-order valence-corrected chi connectivity index (χ0v) is 14.5. The lowest BCUT2D eigenvalue weighted by molar-refractivity contribution is -0.120. The van der Waals surface area contributed by atoms with E-state index in [1.807, 2.05) is 12.1 Å². The Morgan fingerprint density at radius 2 is 2.04 bits per heavy atom. The second-order valence-corrected chi connectivity index (χ2v) is 6.18. The fourth-order valence-corrected chi connectivity index (χ4v) is 2.90. The number of rotatable bonds is 6. The van der Waals surface area contributed by atoms with Gasteiger partial charge in [0.1, 0.15) is 0 Å². The van der Waals surface area contributed by atoms with Crippen LogP contribution >= 0.6 is 0 Å². The van der Waals surface area contributed by atoms with Gasteiger partial charge in [-0.3, -0.25) is 9.59 Å². The topological polar surface area (TPSA) is 68.9 Å². The molecule has 2 heterocycles. The van der Waals surface area contributed by atoms with E-state index >= 15 is 0 Å². The second kappa shape index (κ2) is 7.34. The van der Waals surface area contributed by atoms with Gasteiger partial charge in [0.2, 0.25) is 5.91 Å². The minimum absolute atomic E-state index is 0.110. The van der Waals surface area contributed by atoms with Gasteiger partial charge in [0.15, 0.2) is 0 Å². The molecule has 1 amide bonds. The smallest absolute Gasteiger partial charge is 0.256 e. The summed E-state index contributed by atoms with van der Waals surface area (Å²) in [5.41, 5.74) is 2.15. The molecule has 6 heteroatoms. The number of aryl methyl sites for hydroxylation is 2. The molecule has 0 radical (unpaired) electrons. The first-order chi connectivity index (χ1) is 12.1. The Kier molecular flexibility index (Phi) is 4.97. The maximum Gasteiger partial charge on any atom is 0.256 e. The molecular formula is C19H22N4O2. The van der Waals surface area contributed by atoms with E-state index in [-0.39, 0.29) is 17.9 Å². The van der Waals surface area contributed by atoms with Crippen LogP contribution in [0.5, 0.6) is 0 Å². The van der Waals surface area contributed by atoms with Crippen LogP contribution in [0.25, 0.3) is 10.9 Å². The van der Waals surface area contributed by atoms with E-state index in [1.165, 1.54) is 21.8 Å². The maximum absolute atomic E-state index is 12.1. The summed E-state index contributed by atoms with van der Waals surface area (Å²) in [7, 11) is 1.65. The molecule has 6 nitrogen and oxygen atoms in total. The predicted octanol–water partition coefficient (Wildman–Crippen LogP) is 1.79. The van der Waals surface area contributed by atoms with E-state index in [0.29, 0.717) is 17.8 Å². The number of carbonyl (C=O) groups excluding carboxylic acids is 1. The Balaban J connectivity index is 1.50. The van der Waals surface area contributed by atoms with E-state index in [0.717, 1.165) is 13.0 Å². The van der Waals surface area contributed by atoms with Crippen molar-refractivity contribution < 1.29 is 4.79 Å². The largest absolute Gasteiger partial charge is 0.356 e. The minimum Gasteiger partial charge on any atom is -0.356 e. The van der Waals surface area contributed by atoms with E-state index in [2.05, 4.69) is 39.3 Å². The number of amides is 1. The molecule has 0 unspecified atom stereocenters.